The molecule has 2 aliphatic rings. The lowest BCUT2D eigenvalue weighted by Crippen LogP contribution is -2.53. The minimum atomic E-state index is -2.85. The van der Waals surface area contributed by atoms with Crippen LogP contribution in [0.25, 0.3) is 0 Å². The number of esters is 1. The van der Waals surface area contributed by atoms with Crippen LogP contribution in [0.1, 0.15) is 12.8 Å². The number of fused-ring (bicyclic) bond motifs is 1. The van der Waals surface area contributed by atoms with Crippen molar-refractivity contribution in [2.75, 3.05) is 6.54 Å². The fourth-order valence-electron chi connectivity index (χ4n) is 2.24. The molecule has 0 aromatic heterocycles. The second-order valence-corrected chi connectivity index (χ2v) is 6.19. The molecule has 0 aromatic carbocycles. The third-order valence-electron chi connectivity index (χ3n) is 2.97. The van der Waals surface area contributed by atoms with E-state index in [0.717, 1.165) is 4.90 Å². The monoisotopic (exact) mass is 293 g/mol. The van der Waals surface area contributed by atoms with Gasteiger partial charge < -0.3 is 4.74 Å². The van der Waals surface area contributed by atoms with Crippen molar-refractivity contribution in [3.63, 3.8) is 0 Å². The van der Waals surface area contributed by atoms with Crippen molar-refractivity contribution < 1.29 is 18.3 Å². The predicted octanol–water partition coefficient (Wildman–Crippen LogP) is 2.34. The average molecular weight is 295 g/mol. The molecule has 8 heteroatoms. The van der Waals surface area contributed by atoms with Gasteiger partial charge in [0.25, 0.3) is 6.43 Å². The molecule has 0 radical (unpaired) electrons. The van der Waals surface area contributed by atoms with E-state index in [-0.39, 0.29) is 13.0 Å². The molecule has 0 bridgehead atoms. The first-order valence-electron chi connectivity index (χ1n) is 4.63. The highest BCUT2D eigenvalue weighted by atomic mass is 35.6. The number of halogens is 5. The normalized spacial score (nSPS) is 35.6. The number of hydrogen-bond donors (Lipinski definition) is 0. The van der Waals surface area contributed by atoms with Gasteiger partial charge in [-0.3, -0.25) is 0 Å². The topological polar surface area (TPSA) is 29.5 Å². The third-order valence-corrected chi connectivity index (χ3v) is 3.53. The molecular weight excluding hydrogens is 286 g/mol. The zero-order chi connectivity index (χ0) is 12.1. The molecule has 2 saturated heterocycles. The van der Waals surface area contributed by atoms with Gasteiger partial charge in [-0.2, -0.15) is 0 Å². The van der Waals surface area contributed by atoms with Crippen LogP contribution in [0.4, 0.5) is 8.78 Å². The van der Waals surface area contributed by atoms with Gasteiger partial charge >= 0.3 is 5.97 Å². The molecule has 2 heterocycles. The molecule has 2 fully saturated rings. The number of ether oxygens (including phenoxy) is 1. The van der Waals surface area contributed by atoms with Crippen LogP contribution in [0.2, 0.25) is 0 Å². The van der Waals surface area contributed by atoms with Gasteiger partial charge in [0.2, 0.25) is 10.0 Å². The fourth-order valence-corrected chi connectivity index (χ4v) is 2.73. The van der Waals surface area contributed by atoms with Crippen molar-refractivity contribution in [1.29, 1.82) is 0 Å². The number of hydrogen-bond acceptors (Lipinski definition) is 3. The average Bonchev–Trinajstić information content (AvgIpc) is 2.64. The minimum absolute atomic E-state index is 0.0285. The number of nitrogens with zero attached hydrogens (tertiary/aromatic N) is 1. The molecule has 0 spiro atoms. The summed E-state index contributed by atoms with van der Waals surface area (Å²) in [5, 5.41) is 0. The summed E-state index contributed by atoms with van der Waals surface area (Å²) in [6, 6.07) is 0. The molecule has 0 N–H and O–H groups in total. The summed E-state index contributed by atoms with van der Waals surface area (Å²) in [6.07, 6.45) is -3.60. The van der Waals surface area contributed by atoms with Gasteiger partial charge in [-0.1, -0.05) is 34.8 Å². The van der Waals surface area contributed by atoms with E-state index < -0.39 is 28.0 Å². The molecule has 16 heavy (non-hydrogen) atoms. The smallest absolute Gasteiger partial charge is 0.334 e. The zero-order valence-electron chi connectivity index (χ0n) is 7.93. The van der Waals surface area contributed by atoms with Crippen LogP contribution in [0.3, 0.4) is 0 Å². The third kappa shape index (κ3) is 1.60. The molecule has 0 aliphatic carbocycles. The summed E-state index contributed by atoms with van der Waals surface area (Å²) >= 11 is 16.8. The molecule has 2 rings (SSSR count). The highest BCUT2D eigenvalue weighted by Gasteiger charge is 2.66. The Labute approximate surface area is 106 Å². The van der Waals surface area contributed by atoms with Crippen LogP contribution in [0.5, 0.6) is 0 Å². The molecule has 0 amide bonds. The Hall–Kier alpha value is 0.160. The molecule has 92 valence electrons. The standard InChI is InChI=1S/C8H8Cl3F2NO2/c9-8(10,11)5-14-3-1-2-7(14,4(12)13)6(15)16-5/h4-5H,1-3H2/t5-,7-/m1/s1. The first-order valence-corrected chi connectivity index (χ1v) is 5.76. The number of alkyl halides is 5. The van der Waals surface area contributed by atoms with Crippen LogP contribution in [-0.2, 0) is 9.53 Å². The van der Waals surface area contributed by atoms with Gasteiger partial charge in [0, 0.05) is 6.54 Å². The summed E-state index contributed by atoms with van der Waals surface area (Å²) in [6.45, 7) is 0.259. The summed E-state index contributed by atoms with van der Waals surface area (Å²) in [4.78, 5) is 12.7. The quantitative estimate of drug-likeness (QED) is 0.549. The lowest BCUT2D eigenvalue weighted by molar-refractivity contribution is -0.149. The van der Waals surface area contributed by atoms with E-state index in [0.29, 0.717) is 6.42 Å². The predicted molar refractivity (Wildman–Crippen MR) is 54.8 cm³/mol. The van der Waals surface area contributed by atoms with Gasteiger partial charge in [-0.05, 0) is 12.8 Å². The van der Waals surface area contributed by atoms with E-state index in [9.17, 15) is 13.6 Å². The van der Waals surface area contributed by atoms with Gasteiger partial charge in [0.05, 0.1) is 0 Å². The van der Waals surface area contributed by atoms with E-state index >= 15 is 0 Å². The van der Waals surface area contributed by atoms with Gasteiger partial charge in [-0.25, -0.2) is 18.5 Å². The Balaban J connectivity index is 2.37. The van der Waals surface area contributed by atoms with Gasteiger partial charge in [0.15, 0.2) is 5.54 Å². The van der Waals surface area contributed by atoms with Crippen LogP contribution >= 0.6 is 34.8 Å². The molecule has 0 aromatic rings. The molecular formula is C8H8Cl3F2NO2. The molecule has 0 unspecified atom stereocenters. The number of rotatable bonds is 1. The first-order chi connectivity index (χ1) is 7.30. The second kappa shape index (κ2) is 3.83. The van der Waals surface area contributed by atoms with Crippen LogP contribution in [0.15, 0.2) is 0 Å². The number of cyclic esters (lactones) is 1. The lowest BCUT2D eigenvalue weighted by Gasteiger charge is -2.31. The Morgan fingerprint density at radius 2 is 2.12 bits per heavy atom. The first kappa shape index (κ1) is 12.6. The van der Waals surface area contributed by atoms with Gasteiger partial charge in [-0.15, -0.1) is 0 Å². The summed E-state index contributed by atoms with van der Waals surface area (Å²) in [5.74, 6) is -1.00. The molecule has 2 aliphatic heterocycles. The maximum Gasteiger partial charge on any atom is 0.334 e. The largest absolute Gasteiger partial charge is 0.440 e. The van der Waals surface area contributed by atoms with E-state index in [1.54, 1.807) is 0 Å². The van der Waals surface area contributed by atoms with Crippen molar-refractivity contribution >= 4 is 40.8 Å². The second-order valence-electron chi connectivity index (χ2n) is 3.82. The Morgan fingerprint density at radius 1 is 1.50 bits per heavy atom. The van der Waals surface area contributed by atoms with Crippen molar-refractivity contribution in [3.8, 4) is 0 Å². The summed E-state index contributed by atoms with van der Waals surface area (Å²) < 4.78 is 28.9. The van der Waals surface area contributed by atoms with E-state index in [1.807, 2.05) is 0 Å². The summed E-state index contributed by atoms with van der Waals surface area (Å²) in [7, 11) is 0. The fraction of sp³-hybridized carbons (Fsp3) is 0.875. The molecule has 0 saturated carbocycles. The SMILES string of the molecule is O=C1O[C@H](C(Cl)(Cl)Cl)N2CCC[C@@]12C(F)F. The summed E-state index contributed by atoms with van der Waals surface area (Å²) in [5.41, 5.74) is -1.92. The maximum atomic E-state index is 13.0. The van der Waals surface area contributed by atoms with Crippen molar-refractivity contribution in [2.24, 2.45) is 0 Å². The van der Waals surface area contributed by atoms with E-state index in [2.05, 4.69) is 0 Å². The van der Waals surface area contributed by atoms with Gasteiger partial charge in [0.1, 0.15) is 0 Å². The molecule has 3 nitrogen and oxygen atoms in total. The number of carbonyl (C=O) groups is 1. The van der Waals surface area contributed by atoms with E-state index in [1.165, 1.54) is 0 Å². The van der Waals surface area contributed by atoms with Crippen LogP contribution < -0.4 is 0 Å². The Bertz CT molecular complexity index is 323. The highest BCUT2D eigenvalue weighted by molar-refractivity contribution is 6.68. The number of carbonyl (C=O) groups excluding carboxylic acids is 1. The minimum Gasteiger partial charge on any atom is -0.440 e. The van der Waals surface area contributed by atoms with Crippen molar-refractivity contribution in [2.45, 2.75) is 34.8 Å². The van der Waals surface area contributed by atoms with E-state index in [4.69, 9.17) is 39.5 Å². The molecule has 2 atom stereocenters. The Morgan fingerprint density at radius 3 is 2.62 bits per heavy atom. The van der Waals surface area contributed by atoms with Crippen molar-refractivity contribution in [1.82, 2.24) is 4.90 Å². The maximum absolute atomic E-state index is 13.0. The zero-order valence-corrected chi connectivity index (χ0v) is 10.2. The van der Waals surface area contributed by atoms with Crippen LogP contribution in [-0.4, -0.2) is 39.4 Å². The highest BCUT2D eigenvalue weighted by Crippen LogP contribution is 2.48. The Kier molecular flexibility index (Phi) is 3.02. The van der Waals surface area contributed by atoms with Crippen molar-refractivity contribution in [3.05, 3.63) is 0 Å². The van der Waals surface area contributed by atoms with Crippen LogP contribution in [0, 0.1) is 0 Å². The lowest BCUT2D eigenvalue weighted by atomic mass is 9.98.